The quantitative estimate of drug-likeness (QED) is 0.125. The summed E-state index contributed by atoms with van der Waals surface area (Å²) in [6.45, 7) is 11.4. The van der Waals surface area contributed by atoms with E-state index in [-0.39, 0.29) is 20.1 Å². The van der Waals surface area contributed by atoms with Gasteiger partial charge in [-0.1, -0.05) is 106 Å². The van der Waals surface area contributed by atoms with E-state index in [0.717, 1.165) is 22.5 Å². The minimum Gasteiger partial charge on any atom is -0.305 e. The third-order valence-electron chi connectivity index (χ3n) is 7.61. The number of benzene rings is 4. The average molecular weight is 767 g/mol. The Hall–Kier alpha value is -3.95. The molecule has 0 aliphatic carbocycles. The Bertz CT molecular complexity index is 1750. The molecule has 1 radical (unpaired) electrons. The van der Waals surface area contributed by atoms with Gasteiger partial charge >= 0.3 is 0 Å². The second-order valence-corrected chi connectivity index (χ2v) is 16.9. The number of aryl methyl sites for hydroxylation is 1. The van der Waals surface area contributed by atoms with Gasteiger partial charge < -0.3 is 9.97 Å². The molecule has 223 valence electrons. The van der Waals surface area contributed by atoms with Crippen LogP contribution in [0.2, 0.25) is 19.6 Å². The van der Waals surface area contributed by atoms with Crippen molar-refractivity contribution >= 4 is 13.3 Å². The van der Waals surface area contributed by atoms with Crippen LogP contribution >= 0.6 is 0 Å². The van der Waals surface area contributed by atoms with Gasteiger partial charge in [0.05, 0.1) is 8.07 Å². The molecule has 2 heterocycles. The molecule has 0 fully saturated rings. The number of hydrogen-bond donors (Lipinski definition) is 0. The van der Waals surface area contributed by atoms with Gasteiger partial charge in [0.2, 0.25) is 0 Å². The van der Waals surface area contributed by atoms with Crippen LogP contribution in [0.25, 0.3) is 33.6 Å². The molecule has 2 nitrogen and oxygen atoms in total. The maximum atomic E-state index is 4.73. The molecule has 0 saturated heterocycles. The second kappa shape index (κ2) is 15.2. The first-order chi connectivity index (χ1) is 20.8. The van der Waals surface area contributed by atoms with Crippen LogP contribution in [0, 0.1) is 19.1 Å². The summed E-state index contributed by atoms with van der Waals surface area (Å²) in [5.74, 6) is 0.363. The molecule has 0 saturated carbocycles. The molecule has 4 heteroatoms. The van der Waals surface area contributed by atoms with Crippen molar-refractivity contribution in [2.24, 2.45) is 0 Å². The average Bonchev–Trinajstić information content (AvgIpc) is 3.06. The number of pyridine rings is 2. The van der Waals surface area contributed by atoms with E-state index in [1.54, 1.807) is 0 Å². The van der Waals surface area contributed by atoms with Crippen molar-refractivity contribution in [2.45, 2.75) is 39.4 Å². The Labute approximate surface area is 277 Å². The topological polar surface area (TPSA) is 25.8 Å². The monoisotopic (exact) mass is 767 g/mol. The Balaban J connectivity index is 0.000000198. The smallest absolute Gasteiger partial charge is 0.0803 e. The van der Waals surface area contributed by atoms with Crippen LogP contribution in [0.4, 0.5) is 0 Å². The molecule has 44 heavy (non-hydrogen) atoms. The van der Waals surface area contributed by atoms with Crippen molar-refractivity contribution in [2.75, 3.05) is 0 Å². The summed E-state index contributed by atoms with van der Waals surface area (Å²) in [6, 6.07) is 48.4. The standard InChI is InChI=1S/C21H22NSi.C19H16N.Ir/c1-16-10-12-18(13-11-16)20-14-19(17-8-6-5-7-9-17)21(15-22-20)23(2,3)4;1-15(16-8-4-2-5-9-16)18-12-13-20-19(14-18)17-10-6-3-7-11-17;/h5-12,14-15H,1-4H3;2-10,12-15H,1H3;/q2*-1;. The molecule has 0 N–H and O–H groups in total. The first kappa shape index (κ1) is 32.9. The number of nitrogens with zero attached hydrogens (tertiary/aromatic N) is 2. The van der Waals surface area contributed by atoms with Crippen LogP contribution in [0.1, 0.15) is 29.5 Å². The summed E-state index contributed by atoms with van der Waals surface area (Å²) in [4.78, 5) is 9.19. The van der Waals surface area contributed by atoms with Crippen molar-refractivity contribution in [3.63, 3.8) is 0 Å². The van der Waals surface area contributed by atoms with Crippen LogP contribution in [-0.2, 0) is 20.1 Å². The fourth-order valence-corrected chi connectivity index (χ4v) is 6.55. The second-order valence-electron chi connectivity index (χ2n) is 11.9. The van der Waals surface area contributed by atoms with Crippen LogP contribution in [0.5, 0.6) is 0 Å². The van der Waals surface area contributed by atoms with Gasteiger partial charge in [-0.05, 0) is 44.9 Å². The molecule has 1 unspecified atom stereocenters. The Morgan fingerprint density at radius 1 is 0.659 bits per heavy atom. The van der Waals surface area contributed by atoms with E-state index >= 15 is 0 Å². The van der Waals surface area contributed by atoms with E-state index in [0.29, 0.717) is 5.92 Å². The maximum absolute atomic E-state index is 4.73. The zero-order valence-electron chi connectivity index (χ0n) is 26.0. The largest absolute Gasteiger partial charge is 0.305 e. The normalized spacial score (nSPS) is 11.5. The molecule has 4 aromatic carbocycles. The van der Waals surface area contributed by atoms with E-state index in [9.17, 15) is 0 Å². The molecular weight excluding hydrogens is 729 g/mol. The third kappa shape index (κ3) is 8.36. The minimum absolute atomic E-state index is 0. The predicted molar refractivity (Wildman–Crippen MR) is 184 cm³/mol. The molecular formula is C40H38IrN2Si-2. The number of aromatic nitrogens is 2. The van der Waals surface area contributed by atoms with E-state index in [2.05, 4.69) is 142 Å². The number of rotatable bonds is 6. The van der Waals surface area contributed by atoms with Gasteiger partial charge in [-0.3, -0.25) is 0 Å². The van der Waals surface area contributed by atoms with Gasteiger partial charge in [0.25, 0.3) is 0 Å². The van der Waals surface area contributed by atoms with Crippen molar-refractivity contribution in [3.8, 4) is 33.6 Å². The minimum atomic E-state index is -1.47. The van der Waals surface area contributed by atoms with Crippen molar-refractivity contribution < 1.29 is 20.1 Å². The van der Waals surface area contributed by atoms with Gasteiger partial charge in [0, 0.05) is 38.4 Å². The summed E-state index contributed by atoms with van der Waals surface area (Å²) in [7, 11) is -1.47. The molecule has 0 aliphatic heterocycles. The van der Waals surface area contributed by atoms with E-state index < -0.39 is 8.07 Å². The molecule has 0 amide bonds. The zero-order valence-corrected chi connectivity index (χ0v) is 29.4. The predicted octanol–water partition coefficient (Wildman–Crippen LogP) is 9.77. The fourth-order valence-electron chi connectivity index (χ4n) is 5.07. The van der Waals surface area contributed by atoms with Gasteiger partial charge in [0.1, 0.15) is 0 Å². The van der Waals surface area contributed by atoms with E-state index in [1.807, 2.05) is 42.6 Å². The van der Waals surface area contributed by atoms with E-state index in [4.69, 9.17) is 4.98 Å². The maximum Gasteiger partial charge on any atom is 0.0803 e. The fraction of sp³-hybridized carbons (Fsp3) is 0.150. The first-order valence-electron chi connectivity index (χ1n) is 14.8. The summed E-state index contributed by atoms with van der Waals surface area (Å²) >= 11 is 0. The Morgan fingerprint density at radius 2 is 1.32 bits per heavy atom. The molecule has 0 spiro atoms. The Kier molecular flexibility index (Phi) is 11.4. The SMILES string of the molecule is CC(c1ccccc1)c1ccnc(-c2[c-]cccc2)c1.Cc1c[c-]c(-c2cc(-c3ccccc3)c([Si](C)(C)C)cn2)cc1.[Ir]. The molecule has 6 aromatic rings. The first-order valence-corrected chi connectivity index (χ1v) is 18.3. The van der Waals surface area contributed by atoms with Crippen LogP contribution in [-0.4, -0.2) is 18.0 Å². The molecule has 0 bridgehead atoms. The van der Waals surface area contributed by atoms with Gasteiger partial charge in [-0.25, -0.2) is 0 Å². The van der Waals surface area contributed by atoms with Crippen molar-refractivity contribution in [1.29, 1.82) is 0 Å². The summed E-state index contributed by atoms with van der Waals surface area (Å²) in [6.07, 6.45) is 3.96. The zero-order chi connectivity index (χ0) is 30.2. The molecule has 2 aromatic heterocycles. The van der Waals surface area contributed by atoms with Gasteiger partial charge in [-0.15, -0.1) is 71.3 Å². The summed E-state index contributed by atoms with van der Waals surface area (Å²) in [5, 5.41) is 1.40. The van der Waals surface area contributed by atoms with Crippen LogP contribution in [0.3, 0.4) is 0 Å². The van der Waals surface area contributed by atoms with E-state index in [1.165, 1.54) is 33.0 Å². The summed E-state index contributed by atoms with van der Waals surface area (Å²) < 4.78 is 0. The molecule has 6 rings (SSSR count). The Morgan fingerprint density at radius 3 is 1.95 bits per heavy atom. The van der Waals surface area contributed by atoms with Crippen LogP contribution in [0.15, 0.2) is 134 Å². The summed E-state index contributed by atoms with van der Waals surface area (Å²) in [5.41, 5.74) is 10.4. The van der Waals surface area contributed by atoms with Crippen LogP contribution < -0.4 is 5.19 Å². The molecule has 0 aliphatic rings. The third-order valence-corrected chi connectivity index (χ3v) is 9.62. The number of hydrogen-bond acceptors (Lipinski definition) is 2. The van der Waals surface area contributed by atoms with Crippen molar-refractivity contribution in [3.05, 3.63) is 163 Å². The molecule has 1 atom stereocenters. The van der Waals surface area contributed by atoms with Gasteiger partial charge in [-0.2, -0.15) is 0 Å². The van der Waals surface area contributed by atoms with Gasteiger partial charge in [0.15, 0.2) is 0 Å². The van der Waals surface area contributed by atoms with Crippen molar-refractivity contribution in [1.82, 2.24) is 9.97 Å².